The van der Waals surface area contributed by atoms with Gasteiger partial charge in [-0.2, -0.15) is 0 Å². The van der Waals surface area contributed by atoms with E-state index >= 15 is 0 Å². The molecule has 3 aromatic heterocycles. The quantitative estimate of drug-likeness (QED) is 0.195. The normalized spacial score (nSPS) is 16.3. The second-order valence-corrected chi connectivity index (χ2v) is 13.5. The number of benzene rings is 7. The third-order valence-electron chi connectivity index (χ3n) is 10.4. The maximum Gasteiger partial charge on any atom is 0.136 e. The first-order valence-electron chi connectivity index (χ1n) is 17.5. The Labute approximate surface area is 298 Å². The van der Waals surface area contributed by atoms with Gasteiger partial charge in [0.15, 0.2) is 0 Å². The SMILES string of the molecule is c1ccc(C2=NC(c3ccc4cc(-c5cccc6oc7cc8cccnc8cc7c56)ccc4c3)NC(c3cccc4oc5ccccc5c34)N2)cc1. The molecule has 0 aliphatic carbocycles. The number of hydrogen-bond donors (Lipinski definition) is 2. The fourth-order valence-electron chi connectivity index (χ4n) is 7.91. The minimum absolute atomic E-state index is 0.210. The molecule has 2 unspecified atom stereocenters. The van der Waals surface area contributed by atoms with Crippen LogP contribution >= 0.6 is 0 Å². The van der Waals surface area contributed by atoms with Gasteiger partial charge in [0, 0.05) is 44.3 Å². The van der Waals surface area contributed by atoms with Crippen LogP contribution in [-0.4, -0.2) is 10.8 Å². The number of pyridine rings is 1. The Morgan fingerprint density at radius 1 is 0.519 bits per heavy atom. The van der Waals surface area contributed by atoms with E-state index in [-0.39, 0.29) is 12.3 Å². The van der Waals surface area contributed by atoms with E-state index in [1.54, 1.807) is 0 Å². The maximum absolute atomic E-state index is 6.36. The van der Waals surface area contributed by atoms with Gasteiger partial charge in [-0.15, -0.1) is 0 Å². The van der Waals surface area contributed by atoms with Crippen LogP contribution in [0.2, 0.25) is 0 Å². The number of aliphatic imine (C=N–C) groups is 1. The summed E-state index contributed by atoms with van der Waals surface area (Å²) in [5.41, 5.74) is 9.97. The van der Waals surface area contributed by atoms with E-state index in [0.29, 0.717) is 0 Å². The molecule has 10 aromatic rings. The summed E-state index contributed by atoms with van der Waals surface area (Å²) in [4.78, 5) is 9.84. The van der Waals surface area contributed by atoms with Gasteiger partial charge in [-0.05, 0) is 76.0 Å². The van der Waals surface area contributed by atoms with E-state index in [1.807, 2.05) is 42.6 Å². The van der Waals surface area contributed by atoms with Gasteiger partial charge in [-0.1, -0.05) is 103 Å². The van der Waals surface area contributed by atoms with Crippen LogP contribution in [0.4, 0.5) is 0 Å². The minimum Gasteiger partial charge on any atom is -0.456 e. The summed E-state index contributed by atoms with van der Waals surface area (Å²) in [6.07, 6.45) is 1.34. The summed E-state index contributed by atoms with van der Waals surface area (Å²) in [6, 6.07) is 52.7. The Morgan fingerprint density at radius 2 is 1.31 bits per heavy atom. The standard InChI is InChI=1S/C46H30N4O2/c1-2-9-27(10-3-1)44-48-45(50-46(49-44)35-14-7-17-40-43(35)34-12-4-5-15-38(34)51-40)32-21-19-28-23-30(20-18-29(28)24-32)33-13-6-16-39-42(33)36-26-37-31(11-8-22-47-37)25-41(36)52-39/h1-26,45-46,50H,(H,48,49). The van der Waals surface area contributed by atoms with E-state index in [1.165, 1.54) is 0 Å². The lowest BCUT2D eigenvalue weighted by Gasteiger charge is -2.32. The van der Waals surface area contributed by atoms with Crippen molar-refractivity contribution in [1.82, 2.24) is 15.6 Å². The third kappa shape index (κ3) is 4.62. The lowest BCUT2D eigenvalue weighted by atomic mass is 9.95. The lowest BCUT2D eigenvalue weighted by molar-refractivity contribution is 0.411. The van der Waals surface area contributed by atoms with Crippen LogP contribution in [0.15, 0.2) is 172 Å². The number of rotatable bonds is 4. The number of furan rings is 2. The smallest absolute Gasteiger partial charge is 0.136 e. The fraction of sp³-hybridized carbons (Fsp3) is 0.0435. The predicted molar refractivity (Wildman–Crippen MR) is 210 cm³/mol. The molecule has 6 heteroatoms. The first kappa shape index (κ1) is 29.0. The van der Waals surface area contributed by atoms with Crippen molar-refractivity contribution in [3.8, 4) is 11.1 Å². The molecule has 7 aromatic carbocycles. The van der Waals surface area contributed by atoms with E-state index in [9.17, 15) is 0 Å². The van der Waals surface area contributed by atoms with E-state index in [2.05, 4.69) is 131 Å². The number of nitrogens with zero attached hydrogens (tertiary/aromatic N) is 2. The van der Waals surface area contributed by atoms with E-state index in [0.717, 1.165) is 99.2 Å². The van der Waals surface area contributed by atoms with Crippen molar-refractivity contribution in [3.05, 3.63) is 175 Å². The van der Waals surface area contributed by atoms with Crippen molar-refractivity contribution in [2.45, 2.75) is 12.3 Å². The summed E-state index contributed by atoms with van der Waals surface area (Å²) in [5, 5.41) is 15.3. The van der Waals surface area contributed by atoms with Gasteiger partial charge in [0.2, 0.25) is 0 Å². The molecule has 52 heavy (non-hydrogen) atoms. The van der Waals surface area contributed by atoms with Crippen molar-refractivity contribution < 1.29 is 8.83 Å². The van der Waals surface area contributed by atoms with Crippen molar-refractivity contribution in [2.24, 2.45) is 4.99 Å². The van der Waals surface area contributed by atoms with Gasteiger partial charge in [-0.3, -0.25) is 10.3 Å². The molecule has 2 atom stereocenters. The topological polar surface area (TPSA) is 75.6 Å². The number of fused-ring (bicyclic) bond motifs is 8. The van der Waals surface area contributed by atoms with Crippen LogP contribution in [0.1, 0.15) is 29.0 Å². The largest absolute Gasteiger partial charge is 0.456 e. The van der Waals surface area contributed by atoms with Crippen LogP contribution in [0.25, 0.3) is 76.7 Å². The zero-order valence-corrected chi connectivity index (χ0v) is 27.9. The lowest BCUT2D eigenvalue weighted by Crippen LogP contribution is -2.45. The highest BCUT2D eigenvalue weighted by molar-refractivity contribution is 6.15. The number of aromatic nitrogens is 1. The first-order valence-corrected chi connectivity index (χ1v) is 17.5. The molecule has 0 amide bonds. The molecule has 0 bridgehead atoms. The molecule has 4 heterocycles. The van der Waals surface area contributed by atoms with Crippen LogP contribution in [-0.2, 0) is 0 Å². The van der Waals surface area contributed by atoms with Crippen molar-refractivity contribution >= 4 is 71.4 Å². The van der Waals surface area contributed by atoms with E-state index in [4.69, 9.17) is 13.8 Å². The van der Waals surface area contributed by atoms with Gasteiger partial charge in [-0.25, -0.2) is 4.99 Å². The molecule has 0 saturated carbocycles. The van der Waals surface area contributed by atoms with Gasteiger partial charge >= 0.3 is 0 Å². The molecular weight excluding hydrogens is 641 g/mol. The summed E-state index contributed by atoms with van der Waals surface area (Å²) < 4.78 is 12.6. The first-order chi connectivity index (χ1) is 25.7. The summed E-state index contributed by atoms with van der Waals surface area (Å²) >= 11 is 0. The van der Waals surface area contributed by atoms with Gasteiger partial charge < -0.3 is 14.2 Å². The Bertz CT molecular complexity index is 3050. The Morgan fingerprint density at radius 3 is 2.25 bits per heavy atom. The van der Waals surface area contributed by atoms with Crippen LogP contribution in [0.5, 0.6) is 0 Å². The minimum atomic E-state index is -0.284. The zero-order valence-electron chi connectivity index (χ0n) is 27.9. The highest BCUT2D eigenvalue weighted by Crippen LogP contribution is 2.40. The van der Waals surface area contributed by atoms with Crippen LogP contribution < -0.4 is 10.6 Å². The molecular formula is C46H30N4O2. The van der Waals surface area contributed by atoms with E-state index < -0.39 is 0 Å². The van der Waals surface area contributed by atoms with Crippen LogP contribution in [0, 0.1) is 0 Å². The summed E-state index contributed by atoms with van der Waals surface area (Å²) in [7, 11) is 0. The number of para-hydroxylation sites is 1. The van der Waals surface area contributed by atoms with Crippen LogP contribution in [0.3, 0.4) is 0 Å². The third-order valence-corrected chi connectivity index (χ3v) is 10.4. The van der Waals surface area contributed by atoms with Gasteiger partial charge in [0.1, 0.15) is 40.5 Å². The van der Waals surface area contributed by atoms with Gasteiger partial charge in [0.25, 0.3) is 0 Å². The molecule has 1 aliphatic rings. The van der Waals surface area contributed by atoms with Crippen molar-refractivity contribution in [1.29, 1.82) is 0 Å². The molecule has 0 fully saturated rings. The summed E-state index contributed by atoms with van der Waals surface area (Å²) in [6.45, 7) is 0. The molecule has 0 radical (unpaired) electrons. The Balaban J connectivity index is 1.00. The summed E-state index contributed by atoms with van der Waals surface area (Å²) in [5.74, 6) is 0.845. The highest BCUT2D eigenvalue weighted by atomic mass is 16.3. The predicted octanol–water partition coefficient (Wildman–Crippen LogP) is 11.2. The van der Waals surface area contributed by atoms with Crippen molar-refractivity contribution in [3.63, 3.8) is 0 Å². The molecule has 0 saturated heterocycles. The van der Waals surface area contributed by atoms with Gasteiger partial charge in [0.05, 0.1) is 5.52 Å². The Kier molecular flexibility index (Phi) is 6.35. The molecule has 2 N–H and O–H groups in total. The molecule has 0 spiro atoms. The average Bonchev–Trinajstić information content (AvgIpc) is 3.77. The molecule has 246 valence electrons. The second kappa shape index (κ2) is 11.4. The molecule has 6 nitrogen and oxygen atoms in total. The number of amidine groups is 1. The van der Waals surface area contributed by atoms with Crippen molar-refractivity contribution in [2.75, 3.05) is 0 Å². The Hall–Kier alpha value is -6.76. The average molecular weight is 671 g/mol. The molecule has 11 rings (SSSR count). The number of hydrogen-bond acceptors (Lipinski definition) is 6. The zero-order chi connectivity index (χ0) is 34.2. The monoisotopic (exact) mass is 670 g/mol. The highest BCUT2D eigenvalue weighted by Gasteiger charge is 2.28. The number of nitrogens with one attached hydrogen (secondary N) is 2. The fourth-order valence-corrected chi connectivity index (χ4v) is 7.91. The molecule has 1 aliphatic heterocycles. The second-order valence-electron chi connectivity index (χ2n) is 13.5. The maximum atomic E-state index is 6.36.